The van der Waals surface area contributed by atoms with Gasteiger partial charge < -0.3 is 5.32 Å². The highest BCUT2D eigenvalue weighted by molar-refractivity contribution is 9.10. The maximum Gasteiger partial charge on any atom is 0.433 e. The lowest BCUT2D eigenvalue weighted by Crippen LogP contribution is -2.47. The minimum absolute atomic E-state index is 0.0812. The first kappa shape index (κ1) is 18.0. The van der Waals surface area contributed by atoms with Crippen LogP contribution in [-0.2, 0) is 16.4 Å². The van der Waals surface area contributed by atoms with Crippen molar-refractivity contribution >= 4 is 33.2 Å². The first-order valence-corrected chi connectivity index (χ1v) is 9.01. The molecule has 0 aliphatic heterocycles. The quantitative estimate of drug-likeness (QED) is 0.662. The number of benzene rings is 1. The molecule has 0 spiro atoms. The molecule has 0 unspecified atom stereocenters. The van der Waals surface area contributed by atoms with E-state index in [-0.39, 0.29) is 17.2 Å². The van der Waals surface area contributed by atoms with Crippen molar-refractivity contribution in [3.05, 3.63) is 58.3 Å². The van der Waals surface area contributed by atoms with Crippen molar-refractivity contribution in [2.75, 3.05) is 11.9 Å². The lowest BCUT2D eigenvalue weighted by Gasteiger charge is -2.41. The van der Waals surface area contributed by atoms with Crippen LogP contribution in [0.5, 0.6) is 0 Å². The number of rotatable bonds is 4. The van der Waals surface area contributed by atoms with Crippen molar-refractivity contribution in [3.8, 4) is 0 Å². The number of Topliss-reactive ketones (excluding diaryl/α,β-unsaturated/α-hetero) is 1. The Labute approximate surface area is 160 Å². The molecule has 0 radical (unpaired) electrons. The second-order valence-corrected chi connectivity index (χ2v) is 7.47. The van der Waals surface area contributed by atoms with Gasteiger partial charge in [0, 0.05) is 36.9 Å². The van der Waals surface area contributed by atoms with Crippen LogP contribution in [0.3, 0.4) is 0 Å². The zero-order chi connectivity index (χ0) is 19.2. The molecule has 0 bridgehead atoms. The van der Waals surface area contributed by atoms with Gasteiger partial charge >= 0.3 is 6.18 Å². The van der Waals surface area contributed by atoms with Gasteiger partial charge in [0.15, 0.2) is 11.3 Å². The standard InChI is InChI=1S/C18H14BrF3N4O/c19-14-7-16-24-13(18(20,21)22)6-15(26(16)25-14)23-10-17(8-12(27)9-17)11-4-2-1-3-5-11/h1-7,23H,8-10H2. The highest BCUT2D eigenvalue weighted by Gasteiger charge is 2.45. The summed E-state index contributed by atoms with van der Waals surface area (Å²) in [4.78, 5) is 15.3. The number of carbonyl (C=O) groups is 1. The van der Waals surface area contributed by atoms with Crippen LogP contribution in [-0.4, -0.2) is 26.9 Å². The van der Waals surface area contributed by atoms with Gasteiger partial charge in [0.05, 0.1) is 0 Å². The number of fused-ring (bicyclic) bond motifs is 1. The maximum absolute atomic E-state index is 13.2. The highest BCUT2D eigenvalue weighted by Crippen LogP contribution is 2.41. The summed E-state index contributed by atoms with van der Waals surface area (Å²) in [6, 6.07) is 11.9. The topological polar surface area (TPSA) is 59.3 Å². The van der Waals surface area contributed by atoms with Crippen LogP contribution in [0.25, 0.3) is 5.65 Å². The molecule has 2 heterocycles. The molecule has 140 valence electrons. The summed E-state index contributed by atoms with van der Waals surface area (Å²) in [6.07, 6.45) is -3.86. The van der Waals surface area contributed by atoms with Crippen molar-refractivity contribution in [1.82, 2.24) is 14.6 Å². The Hall–Kier alpha value is -2.42. The SMILES string of the molecule is O=C1CC(CNc2cc(C(F)(F)F)nc3cc(Br)nn23)(c2ccccc2)C1. The third-order valence-corrected chi connectivity index (χ3v) is 5.14. The number of carbonyl (C=O) groups excluding carboxylic acids is 1. The molecule has 5 nitrogen and oxygen atoms in total. The van der Waals surface area contributed by atoms with Gasteiger partial charge in [0.1, 0.15) is 16.2 Å². The minimum atomic E-state index is -4.57. The van der Waals surface area contributed by atoms with E-state index in [2.05, 4.69) is 31.3 Å². The number of alkyl halides is 3. The Kier molecular flexibility index (Phi) is 4.21. The fraction of sp³-hybridized carbons (Fsp3) is 0.278. The molecule has 2 aromatic heterocycles. The largest absolute Gasteiger partial charge is 0.433 e. The van der Waals surface area contributed by atoms with E-state index in [1.165, 1.54) is 10.6 Å². The summed E-state index contributed by atoms with van der Waals surface area (Å²) < 4.78 is 41.3. The molecule has 1 saturated carbocycles. The van der Waals surface area contributed by atoms with Crippen LogP contribution >= 0.6 is 15.9 Å². The average Bonchev–Trinajstić information content (AvgIpc) is 2.97. The smallest absolute Gasteiger partial charge is 0.369 e. The van der Waals surface area contributed by atoms with Crippen LogP contribution < -0.4 is 5.32 Å². The predicted molar refractivity (Wildman–Crippen MR) is 96.5 cm³/mol. The van der Waals surface area contributed by atoms with E-state index in [4.69, 9.17) is 0 Å². The van der Waals surface area contributed by atoms with Gasteiger partial charge in [-0.25, -0.2) is 4.98 Å². The number of aromatic nitrogens is 3. The summed E-state index contributed by atoms with van der Waals surface area (Å²) in [6.45, 7) is 0.316. The second kappa shape index (κ2) is 6.33. The Morgan fingerprint density at radius 3 is 2.52 bits per heavy atom. The molecule has 4 rings (SSSR count). The lowest BCUT2D eigenvalue weighted by atomic mass is 9.63. The number of anilines is 1. The van der Waals surface area contributed by atoms with Crippen molar-refractivity contribution in [3.63, 3.8) is 0 Å². The van der Waals surface area contributed by atoms with E-state index in [1.807, 2.05) is 30.3 Å². The Balaban J connectivity index is 1.69. The van der Waals surface area contributed by atoms with E-state index in [0.717, 1.165) is 11.6 Å². The molecule has 3 aromatic rings. The summed E-state index contributed by atoms with van der Waals surface area (Å²) in [5.41, 5.74) is -0.363. The molecule has 1 aromatic carbocycles. The van der Waals surface area contributed by atoms with Gasteiger partial charge in [-0.2, -0.15) is 22.8 Å². The number of nitrogens with one attached hydrogen (secondary N) is 1. The molecule has 0 saturated heterocycles. The number of hydrogen-bond acceptors (Lipinski definition) is 4. The molecular formula is C18H14BrF3N4O. The van der Waals surface area contributed by atoms with E-state index in [0.29, 0.717) is 24.0 Å². The Morgan fingerprint density at radius 1 is 1.19 bits per heavy atom. The van der Waals surface area contributed by atoms with Gasteiger partial charge in [0.2, 0.25) is 0 Å². The van der Waals surface area contributed by atoms with E-state index in [1.54, 1.807) is 0 Å². The maximum atomic E-state index is 13.2. The molecule has 0 atom stereocenters. The summed E-state index contributed by atoms with van der Waals surface area (Å²) in [5, 5.41) is 7.21. The lowest BCUT2D eigenvalue weighted by molar-refractivity contribution is -0.141. The minimum Gasteiger partial charge on any atom is -0.369 e. The number of halogens is 4. The predicted octanol–water partition coefficient (Wildman–Crippen LogP) is 4.22. The molecule has 27 heavy (non-hydrogen) atoms. The normalized spacial score (nSPS) is 16.4. The van der Waals surface area contributed by atoms with Crippen LogP contribution in [0, 0.1) is 0 Å². The van der Waals surface area contributed by atoms with Crippen LogP contribution in [0.15, 0.2) is 47.1 Å². The number of ketones is 1. The molecule has 1 aliphatic rings. The van der Waals surface area contributed by atoms with E-state index >= 15 is 0 Å². The third kappa shape index (κ3) is 3.31. The van der Waals surface area contributed by atoms with Crippen molar-refractivity contribution in [2.24, 2.45) is 0 Å². The Morgan fingerprint density at radius 2 is 1.89 bits per heavy atom. The van der Waals surface area contributed by atoms with Gasteiger partial charge in [0.25, 0.3) is 0 Å². The van der Waals surface area contributed by atoms with Crippen LogP contribution in [0.2, 0.25) is 0 Å². The molecule has 1 fully saturated rings. The monoisotopic (exact) mass is 438 g/mol. The zero-order valence-corrected chi connectivity index (χ0v) is 15.5. The molecule has 1 N–H and O–H groups in total. The highest BCUT2D eigenvalue weighted by atomic mass is 79.9. The average molecular weight is 439 g/mol. The molecule has 1 aliphatic carbocycles. The van der Waals surface area contributed by atoms with Crippen molar-refractivity contribution in [1.29, 1.82) is 0 Å². The van der Waals surface area contributed by atoms with Crippen LogP contribution in [0.4, 0.5) is 19.0 Å². The Bertz CT molecular complexity index is 1010. The van der Waals surface area contributed by atoms with E-state index in [9.17, 15) is 18.0 Å². The van der Waals surface area contributed by atoms with Gasteiger partial charge in [-0.15, -0.1) is 0 Å². The van der Waals surface area contributed by atoms with E-state index < -0.39 is 17.3 Å². The molecule has 9 heteroatoms. The zero-order valence-electron chi connectivity index (χ0n) is 13.9. The number of nitrogens with zero attached hydrogens (tertiary/aromatic N) is 3. The van der Waals surface area contributed by atoms with Crippen molar-refractivity contribution < 1.29 is 18.0 Å². The summed E-state index contributed by atoms with van der Waals surface area (Å²) in [7, 11) is 0. The third-order valence-electron chi connectivity index (χ3n) is 4.75. The number of hydrogen-bond donors (Lipinski definition) is 1. The molecular weight excluding hydrogens is 425 g/mol. The fourth-order valence-electron chi connectivity index (χ4n) is 3.40. The first-order valence-electron chi connectivity index (χ1n) is 8.21. The fourth-order valence-corrected chi connectivity index (χ4v) is 3.77. The summed E-state index contributed by atoms with van der Waals surface area (Å²) in [5.74, 6) is 0.311. The van der Waals surface area contributed by atoms with Crippen molar-refractivity contribution in [2.45, 2.75) is 24.4 Å². The van der Waals surface area contributed by atoms with Crippen LogP contribution in [0.1, 0.15) is 24.1 Å². The van der Waals surface area contributed by atoms with Gasteiger partial charge in [-0.3, -0.25) is 4.79 Å². The first-order chi connectivity index (χ1) is 12.8. The second-order valence-electron chi connectivity index (χ2n) is 6.65. The van der Waals surface area contributed by atoms with Gasteiger partial charge in [-0.05, 0) is 21.5 Å². The van der Waals surface area contributed by atoms with Gasteiger partial charge in [-0.1, -0.05) is 30.3 Å². The molecule has 0 amide bonds. The summed E-state index contributed by atoms with van der Waals surface area (Å²) >= 11 is 3.17.